The molecule has 3 aliphatic heterocycles. The number of hydrogen-bond donors (Lipinski definition) is 6. The number of rotatable bonds is 3. The van der Waals surface area contributed by atoms with Crippen molar-refractivity contribution in [3.63, 3.8) is 0 Å². The van der Waals surface area contributed by atoms with Gasteiger partial charge >= 0.3 is 0 Å². The first kappa shape index (κ1) is 37.8. The van der Waals surface area contributed by atoms with E-state index in [2.05, 4.69) is 41.7 Å². The molecule has 0 spiro atoms. The van der Waals surface area contributed by atoms with Crippen LogP contribution in [0.15, 0.2) is 36.4 Å². The Labute approximate surface area is 297 Å². The van der Waals surface area contributed by atoms with Gasteiger partial charge in [-0.05, 0) is 0 Å². The summed E-state index contributed by atoms with van der Waals surface area (Å²) in [5, 5.41) is 21.7. The van der Waals surface area contributed by atoms with Crippen molar-refractivity contribution in [2.75, 3.05) is 99.9 Å². The van der Waals surface area contributed by atoms with Crippen LogP contribution in [0.1, 0.15) is 34.2 Å². The van der Waals surface area contributed by atoms with Crippen molar-refractivity contribution in [3.05, 3.63) is 70.6 Å². The van der Waals surface area contributed by atoms with E-state index in [1.165, 1.54) is 0 Å². The summed E-state index contributed by atoms with van der Waals surface area (Å²) >= 11 is 0. The van der Waals surface area contributed by atoms with Crippen molar-refractivity contribution >= 4 is 0 Å². The van der Waals surface area contributed by atoms with E-state index < -0.39 is 0 Å². The molecule has 14 nitrogen and oxygen atoms in total. The van der Waals surface area contributed by atoms with Crippen LogP contribution in [0.4, 0.5) is 0 Å². The zero-order valence-electron chi connectivity index (χ0n) is 30.2. The highest BCUT2D eigenvalue weighted by atomic mass is 16.5. The molecular formula is C36H57N11O3. The van der Waals surface area contributed by atoms with E-state index in [4.69, 9.17) is 29.2 Å². The summed E-state index contributed by atoms with van der Waals surface area (Å²) in [6.45, 7) is 14.5. The standard InChI is InChI=1S/C36H57N11O3/c1-48-34-16-28-22-37-4-10-46-12-6-39-24-30-18-35(49-2)19-31(44-30)25-40-7-13-47(11-5-38-23-29(17-34)43-28)15-9-42-27-33-21-36(50-3)20-32(45-33)26-41-8-14-46/h16-21,37-42H,4-15,22-27H2,1-3H3. The van der Waals surface area contributed by atoms with Crippen molar-refractivity contribution < 1.29 is 14.2 Å². The fraction of sp³-hybridized carbons (Fsp3) is 0.583. The number of aromatic nitrogens is 3. The fourth-order valence-electron chi connectivity index (χ4n) is 6.15. The number of nitrogens with one attached hydrogen (secondary N) is 6. The van der Waals surface area contributed by atoms with Crippen molar-refractivity contribution in [1.29, 1.82) is 0 Å². The van der Waals surface area contributed by atoms with Gasteiger partial charge in [-0.3, -0.25) is 24.8 Å². The van der Waals surface area contributed by atoms with Crippen LogP contribution in [-0.4, -0.2) is 125 Å². The Morgan fingerprint density at radius 3 is 0.760 bits per heavy atom. The quantitative estimate of drug-likeness (QED) is 0.226. The smallest absolute Gasteiger partial charge is 0.122 e. The maximum atomic E-state index is 5.63. The average molecular weight is 692 g/mol. The molecule has 0 fully saturated rings. The molecule has 0 aliphatic carbocycles. The minimum absolute atomic E-state index is 0.677. The second-order valence-electron chi connectivity index (χ2n) is 12.7. The number of pyridine rings is 3. The van der Waals surface area contributed by atoms with E-state index in [9.17, 15) is 0 Å². The van der Waals surface area contributed by atoms with E-state index in [1.807, 2.05) is 36.4 Å². The Kier molecular flexibility index (Phi) is 15.9. The third kappa shape index (κ3) is 13.0. The highest BCUT2D eigenvalue weighted by Crippen LogP contribution is 2.16. The van der Waals surface area contributed by atoms with Gasteiger partial charge < -0.3 is 46.1 Å². The normalized spacial score (nSPS) is 21.2. The molecule has 0 saturated heterocycles. The first-order valence-corrected chi connectivity index (χ1v) is 17.9. The predicted molar refractivity (Wildman–Crippen MR) is 195 cm³/mol. The van der Waals surface area contributed by atoms with Crippen LogP contribution in [-0.2, 0) is 39.3 Å². The Bertz CT molecular complexity index is 1190. The van der Waals surface area contributed by atoms with Crippen LogP contribution in [0.2, 0.25) is 0 Å². The molecule has 0 amide bonds. The molecule has 3 aromatic heterocycles. The number of ether oxygens (including phenoxy) is 3. The molecule has 0 unspecified atom stereocenters. The topological polar surface area (TPSA) is 145 Å². The van der Waals surface area contributed by atoms with Gasteiger partial charge in [-0.15, -0.1) is 0 Å². The lowest BCUT2D eigenvalue weighted by atomic mass is 10.2. The average Bonchev–Trinajstić information content (AvgIpc) is 3.13. The Morgan fingerprint density at radius 1 is 0.380 bits per heavy atom. The van der Waals surface area contributed by atoms with Crippen LogP contribution < -0.4 is 46.1 Å². The van der Waals surface area contributed by atoms with E-state index in [-0.39, 0.29) is 0 Å². The van der Waals surface area contributed by atoms with Gasteiger partial charge in [0, 0.05) is 154 Å². The van der Waals surface area contributed by atoms with Gasteiger partial charge in [0.15, 0.2) is 0 Å². The van der Waals surface area contributed by atoms with E-state index in [0.717, 1.165) is 130 Å². The number of hydrogen-bond acceptors (Lipinski definition) is 14. The summed E-state index contributed by atoms with van der Waals surface area (Å²) in [6.07, 6.45) is 0. The van der Waals surface area contributed by atoms with E-state index in [1.54, 1.807) is 21.3 Å². The molecule has 14 heteroatoms. The van der Waals surface area contributed by atoms with Gasteiger partial charge in [-0.2, -0.15) is 0 Å². The van der Waals surface area contributed by atoms with Crippen molar-refractivity contribution in [3.8, 4) is 17.2 Å². The summed E-state index contributed by atoms with van der Waals surface area (Å²) in [7, 11) is 5.15. The molecule has 0 saturated carbocycles. The lowest BCUT2D eigenvalue weighted by molar-refractivity contribution is 0.269. The molecule has 50 heavy (non-hydrogen) atoms. The lowest BCUT2D eigenvalue weighted by Gasteiger charge is -2.24. The van der Waals surface area contributed by atoms with Crippen LogP contribution in [0.5, 0.6) is 17.2 Å². The van der Waals surface area contributed by atoms with Gasteiger partial charge in [0.2, 0.25) is 0 Å². The SMILES string of the molecule is COc1cc2nc(c1)CNCCN1CCNCc3cc(OC)cc(n3)CNCCN(CCNC2)CCNCc2cc(OC)cc(n2)CNCC1. The van der Waals surface area contributed by atoms with Crippen molar-refractivity contribution in [1.82, 2.24) is 56.7 Å². The fourth-order valence-corrected chi connectivity index (χ4v) is 6.15. The molecule has 3 aliphatic rings. The maximum absolute atomic E-state index is 5.63. The first-order chi connectivity index (χ1) is 24.6. The second kappa shape index (κ2) is 21.0. The minimum Gasteiger partial charge on any atom is -0.497 e. The largest absolute Gasteiger partial charge is 0.497 e. The zero-order valence-corrected chi connectivity index (χ0v) is 30.2. The third-order valence-corrected chi connectivity index (χ3v) is 8.89. The van der Waals surface area contributed by atoms with Crippen LogP contribution >= 0.6 is 0 Å². The highest BCUT2D eigenvalue weighted by molar-refractivity contribution is 5.29. The molecule has 274 valence electrons. The van der Waals surface area contributed by atoms with E-state index >= 15 is 0 Å². The molecule has 8 bridgehead atoms. The summed E-state index contributed by atoms with van der Waals surface area (Å²) < 4.78 is 16.9. The lowest BCUT2D eigenvalue weighted by Crippen LogP contribution is -2.41. The van der Waals surface area contributed by atoms with Gasteiger partial charge in [0.1, 0.15) is 17.2 Å². The molecule has 3 aromatic rings. The number of nitrogens with zero attached hydrogens (tertiary/aromatic N) is 5. The van der Waals surface area contributed by atoms with Gasteiger partial charge in [0.25, 0.3) is 0 Å². The molecule has 6 heterocycles. The Hall–Kier alpha value is -3.47. The molecule has 0 atom stereocenters. The second-order valence-corrected chi connectivity index (χ2v) is 12.7. The Balaban J connectivity index is 1.36. The molecule has 6 N–H and O–H groups in total. The third-order valence-electron chi connectivity index (χ3n) is 8.89. The zero-order chi connectivity index (χ0) is 34.8. The predicted octanol–water partition coefficient (Wildman–Crippen LogP) is 0.467. The maximum Gasteiger partial charge on any atom is 0.122 e. The van der Waals surface area contributed by atoms with Gasteiger partial charge in [-0.25, -0.2) is 0 Å². The molecule has 0 radical (unpaired) electrons. The van der Waals surface area contributed by atoms with E-state index in [0.29, 0.717) is 39.3 Å². The van der Waals surface area contributed by atoms with Crippen LogP contribution in [0.3, 0.4) is 0 Å². The summed E-state index contributed by atoms with van der Waals surface area (Å²) in [6, 6.07) is 12.1. The number of methoxy groups -OCH3 is 3. The van der Waals surface area contributed by atoms with Crippen LogP contribution in [0.25, 0.3) is 0 Å². The summed E-state index contributed by atoms with van der Waals surface area (Å²) in [5.74, 6) is 2.51. The Morgan fingerprint density at radius 2 is 0.580 bits per heavy atom. The van der Waals surface area contributed by atoms with Crippen LogP contribution in [0, 0.1) is 0 Å². The molecule has 6 rings (SSSR count). The molecular weight excluding hydrogens is 634 g/mol. The summed E-state index contributed by atoms with van der Waals surface area (Å²) in [5.41, 5.74) is 5.88. The van der Waals surface area contributed by atoms with Crippen molar-refractivity contribution in [2.45, 2.75) is 39.3 Å². The minimum atomic E-state index is 0.677. The highest BCUT2D eigenvalue weighted by Gasteiger charge is 2.11. The van der Waals surface area contributed by atoms with Gasteiger partial charge in [0.05, 0.1) is 55.5 Å². The monoisotopic (exact) mass is 691 g/mol. The summed E-state index contributed by atoms with van der Waals surface area (Å²) in [4.78, 5) is 19.8. The first-order valence-electron chi connectivity index (χ1n) is 17.9. The van der Waals surface area contributed by atoms with Crippen molar-refractivity contribution in [2.24, 2.45) is 0 Å². The molecule has 0 aromatic carbocycles. The number of fused-ring (bicyclic) bond motifs is 18. The van der Waals surface area contributed by atoms with Gasteiger partial charge in [-0.1, -0.05) is 0 Å².